The SMILES string of the molecule is COC[C@H]1CCc2cc3c(c(NC(=O)C4Oc5c(S(=N)(=O)NC(c6ccccc6)(c6ccccc6)c6ccccc6)cnn5C4C)c21)CCC3. The summed E-state index contributed by atoms with van der Waals surface area (Å²) >= 11 is 0. The van der Waals surface area contributed by atoms with Gasteiger partial charge in [0, 0.05) is 18.7 Å². The number of aryl methyl sites for hydroxylation is 2. The summed E-state index contributed by atoms with van der Waals surface area (Å²) in [5, 5.41) is 7.83. The molecule has 1 aromatic heterocycles. The van der Waals surface area contributed by atoms with Gasteiger partial charge >= 0.3 is 0 Å². The van der Waals surface area contributed by atoms with Crippen molar-refractivity contribution in [2.24, 2.45) is 0 Å². The molecule has 0 radical (unpaired) electrons. The fraction of sp³-hybridized carbons (Fsp3) is 0.300. The van der Waals surface area contributed by atoms with E-state index >= 15 is 0 Å². The third-order valence-corrected chi connectivity index (χ3v) is 12.1. The number of nitrogens with one attached hydrogen (secondary N) is 3. The van der Waals surface area contributed by atoms with E-state index in [2.05, 4.69) is 21.2 Å². The molecule has 0 fully saturated rings. The quantitative estimate of drug-likeness (QED) is 0.138. The van der Waals surface area contributed by atoms with E-state index in [9.17, 15) is 13.8 Å². The van der Waals surface area contributed by atoms with Crippen LogP contribution in [-0.2, 0) is 44.2 Å². The number of anilines is 1. The molecule has 9 nitrogen and oxygen atoms in total. The first-order valence-electron chi connectivity index (χ1n) is 17.3. The number of hydrogen-bond acceptors (Lipinski definition) is 6. The molecule has 3 unspecified atom stereocenters. The van der Waals surface area contributed by atoms with Crippen molar-refractivity contribution in [2.45, 2.75) is 67.5 Å². The van der Waals surface area contributed by atoms with Crippen molar-refractivity contribution in [1.82, 2.24) is 14.5 Å². The van der Waals surface area contributed by atoms with Gasteiger partial charge in [0.25, 0.3) is 5.91 Å². The van der Waals surface area contributed by atoms with Gasteiger partial charge in [-0.3, -0.25) is 4.79 Å². The molecule has 0 saturated heterocycles. The van der Waals surface area contributed by atoms with E-state index in [0.717, 1.165) is 54.5 Å². The number of ether oxygens (including phenoxy) is 2. The fourth-order valence-electron chi connectivity index (χ4n) is 8.24. The summed E-state index contributed by atoms with van der Waals surface area (Å²) in [6, 6.07) is 31.1. The number of amides is 1. The number of carbonyl (C=O) groups excluding carboxylic acids is 1. The van der Waals surface area contributed by atoms with Gasteiger partial charge in [0.1, 0.15) is 20.3 Å². The van der Waals surface area contributed by atoms with Gasteiger partial charge in [-0.25, -0.2) is 18.4 Å². The largest absolute Gasteiger partial charge is 0.461 e. The Labute approximate surface area is 293 Å². The van der Waals surface area contributed by atoms with Crippen LogP contribution in [0, 0.1) is 4.78 Å². The molecule has 1 amide bonds. The molecule has 256 valence electrons. The van der Waals surface area contributed by atoms with E-state index in [1.807, 2.05) is 97.9 Å². The Hall–Kier alpha value is -4.77. The summed E-state index contributed by atoms with van der Waals surface area (Å²) in [5.41, 5.74) is 7.20. The lowest BCUT2D eigenvalue weighted by atomic mass is 9.78. The highest BCUT2D eigenvalue weighted by Crippen LogP contribution is 2.46. The van der Waals surface area contributed by atoms with Crippen molar-refractivity contribution in [1.29, 1.82) is 4.78 Å². The molecule has 3 N–H and O–H groups in total. The molecule has 4 atom stereocenters. The minimum Gasteiger partial charge on any atom is -0.461 e. The lowest BCUT2D eigenvalue weighted by Crippen LogP contribution is -2.47. The molecule has 3 aliphatic rings. The molecule has 8 rings (SSSR count). The molecule has 0 spiro atoms. The summed E-state index contributed by atoms with van der Waals surface area (Å²) in [7, 11) is -2.09. The van der Waals surface area contributed by atoms with Gasteiger partial charge in [0.15, 0.2) is 0 Å². The summed E-state index contributed by atoms with van der Waals surface area (Å²) in [6.07, 6.45) is 5.46. The lowest BCUT2D eigenvalue weighted by Gasteiger charge is -2.37. The lowest BCUT2D eigenvalue weighted by molar-refractivity contribution is -0.123. The minimum atomic E-state index is -3.81. The van der Waals surface area contributed by atoms with Crippen LogP contribution in [0.5, 0.6) is 5.88 Å². The van der Waals surface area contributed by atoms with E-state index < -0.39 is 27.6 Å². The predicted octanol–water partition coefficient (Wildman–Crippen LogP) is 6.91. The molecule has 2 aliphatic carbocycles. The highest BCUT2D eigenvalue weighted by atomic mass is 32.2. The maximum Gasteiger partial charge on any atom is 0.267 e. The second-order valence-corrected chi connectivity index (χ2v) is 15.3. The van der Waals surface area contributed by atoms with Crippen molar-refractivity contribution in [3.63, 3.8) is 0 Å². The average molecular weight is 688 g/mol. The van der Waals surface area contributed by atoms with E-state index in [-0.39, 0.29) is 22.6 Å². The molecular weight excluding hydrogens is 647 g/mol. The molecule has 0 bridgehead atoms. The summed E-state index contributed by atoms with van der Waals surface area (Å²) in [4.78, 5) is 14.2. The van der Waals surface area contributed by atoms with Crippen LogP contribution in [0.4, 0.5) is 5.69 Å². The molecule has 5 aromatic rings. The van der Waals surface area contributed by atoms with Crippen molar-refractivity contribution in [2.75, 3.05) is 19.0 Å². The number of nitrogens with zero attached hydrogens (tertiary/aromatic N) is 2. The van der Waals surface area contributed by atoms with Crippen LogP contribution >= 0.6 is 0 Å². The van der Waals surface area contributed by atoms with Gasteiger partial charge in [-0.1, -0.05) is 97.1 Å². The first kappa shape index (κ1) is 32.4. The summed E-state index contributed by atoms with van der Waals surface area (Å²) in [6.45, 7) is 2.47. The minimum absolute atomic E-state index is 0.0912. The smallest absolute Gasteiger partial charge is 0.267 e. The van der Waals surface area contributed by atoms with Gasteiger partial charge < -0.3 is 14.8 Å². The Morgan fingerprint density at radius 3 is 2.18 bits per heavy atom. The number of fused-ring (bicyclic) bond motifs is 3. The molecule has 10 heteroatoms. The van der Waals surface area contributed by atoms with Crippen LogP contribution in [0.3, 0.4) is 0 Å². The maximum absolute atomic E-state index is 14.9. The van der Waals surface area contributed by atoms with Crippen molar-refractivity contribution >= 4 is 21.5 Å². The second-order valence-electron chi connectivity index (χ2n) is 13.5. The van der Waals surface area contributed by atoms with Gasteiger partial charge in [-0.2, -0.15) is 5.10 Å². The first-order chi connectivity index (χ1) is 24.3. The van der Waals surface area contributed by atoms with Gasteiger partial charge in [-0.05, 0) is 78.0 Å². The van der Waals surface area contributed by atoms with Crippen molar-refractivity contribution in [3.8, 4) is 5.88 Å². The van der Waals surface area contributed by atoms with Crippen LogP contribution in [0.15, 0.2) is 108 Å². The Bertz CT molecular complexity index is 2060. The van der Waals surface area contributed by atoms with Crippen molar-refractivity contribution in [3.05, 3.63) is 142 Å². The molecule has 0 saturated carbocycles. The van der Waals surface area contributed by atoms with Crippen LogP contribution in [-0.4, -0.2) is 39.7 Å². The van der Waals surface area contributed by atoms with Gasteiger partial charge in [0.05, 0.1) is 18.8 Å². The van der Waals surface area contributed by atoms with Gasteiger partial charge in [0.2, 0.25) is 12.0 Å². The molecule has 4 aromatic carbocycles. The van der Waals surface area contributed by atoms with Crippen LogP contribution in [0.1, 0.15) is 70.7 Å². The van der Waals surface area contributed by atoms with E-state index in [1.165, 1.54) is 28.5 Å². The molecular formula is C40H41N5O4S. The predicted molar refractivity (Wildman–Crippen MR) is 193 cm³/mol. The molecule has 50 heavy (non-hydrogen) atoms. The summed E-state index contributed by atoms with van der Waals surface area (Å²) < 4.78 is 41.2. The maximum atomic E-state index is 14.9. The fourth-order valence-corrected chi connectivity index (χ4v) is 9.72. The van der Waals surface area contributed by atoms with E-state index in [4.69, 9.17) is 9.47 Å². The third-order valence-electron chi connectivity index (χ3n) is 10.6. The zero-order chi connectivity index (χ0) is 34.5. The Morgan fingerprint density at radius 1 is 0.960 bits per heavy atom. The highest BCUT2D eigenvalue weighted by Gasteiger charge is 2.45. The molecule has 2 heterocycles. The Kier molecular flexibility index (Phi) is 8.33. The second kappa shape index (κ2) is 12.8. The number of methoxy groups -OCH3 is 1. The zero-order valence-corrected chi connectivity index (χ0v) is 29.0. The Balaban J connectivity index is 1.14. The van der Waals surface area contributed by atoms with Crippen molar-refractivity contribution < 1.29 is 18.5 Å². The normalized spacial score (nSPS) is 20.4. The first-order valence-corrected chi connectivity index (χ1v) is 18.8. The number of hydrogen-bond donors (Lipinski definition) is 3. The average Bonchev–Trinajstić information content (AvgIpc) is 3.94. The van der Waals surface area contributed by atoms with Crippen LogP contribution < -0.4 is 14.8 Å². The number of aromatic nitrogens is 2. The highest BCUT2D eigenvalue weighted by molar-refractivity contribution is 7.90. The van der Waals surface area contributed by atoms with E-state index in [0.29, 0.717) is 6.61 Å². The number of benzene rings is 4. The van der Waals surface area contributed by atoms with Crippen LogP contribution in [0.2, 0.25) is 0 Å². The number of rotatable bonds is 10. The monoisotopic (exact) mass is 687 g/mol. The zero-order valence-electron chi connectivity index (χ0n) is 28.2. The third kappa shape index (κ3) is 5.33. The molecule has 1 aliphatic heterocycles. The topological polar surface area (TPSA) is 118 Å². The van der Waals surface area contributed by atoms with E-state index in [1.54, 1.807) is 11.8 Å². The Morgan fingerprint density at radius 2 is 1.58 bits per heavy atom. The number of carbonyl (C=O) groups is 1. The summed E-state index contributed by atoms with van der Waals surface area (Å²) in [5.74, 6) is 0.100. The van der Waals surface area contributed by atoms with Crippen LogP contribution in [0.25, 0.3) is 0 Å². The standard InChI is InChI=1S/C40H41N5O4S/c1-26-37(38(46)43-36-33-20-12-13-27(33)23-28-21-22-29(25-48-2)35(28)36)49-39-34(24-42-45(26)39)50(41,47)44-40(30-14-6-3-7-15-30,31-16-8-4-9-17-31)32-18-10-5-11-19-32/h3-11,14-19,23-24,26,29,37H,12-13,20-22,25H2,1-2H3,(H,43,46)(H2,41,44,47)/t26?,29-,37?,50?/m1/s1. The van der Waals surface area contributed by atoms with Gasteiger partial charge in [-0.15, -0.1) is 0 Å².